The summed E-state index contributed by atoms with van der Waals surface area (Å²) in [6, 6.07) is 4.43. The average molecular weight is 359 g/mol. The van der Waals surface area contributed by atoms with Gasteiger partial charge in [-0.3, -0.25) is 24.5 Å². The van der Waals surface area contributed by atoms with Gasteiger partial charge in [-0.05, 0) is 25.8 Å². The molecule has 9 nitrogen and oxygen atoms in total. The van der Waals surface area contributed by atoms with Gasteiger partial charge in [0.2, 0.25) is 5.56 Å². The normalized spacial score (nSPS) is 20.1. The number of pyridine rings is 1. The number of non-ortho nitro benzene ring substituents is 1. The van der Waals surface area contributed by atoms with E-state index >= 15 is 0 Å². The maximum absolute atomic E-state index is 13.0. The highest BCUT2D eigenvalue weighted by Crippen LogP contribution is 2.28. The molecule has 1 aliphatic heterocycles. The summed E-state index contributed by atoms with van der Waals surface area (Å²) in [6.45, 7) is 2.03. The van der Waals surface area contributed by atoms with Gasteiger partial charge >= 0.3 is 5.97 Å². The SMILES string of the molecule is C[C@@H]1[C@H](C(=O)O)CCCN1C(=O)c1cc(=O)[nH]c2ccc([N+](=O)[O-])cc12. The zero-order chi connectivity index (χ0) is 19.0. The van der Waals surface area contributed by atoms with E-state index in [9.17, 15) is 29.6 Å². The van der Waals surface area contributed by atoms with Crippen molar-refractivity contribution in [2.45, 2.75) is 25.8 Å². The zero-order valence-corrected chi connectivity index (χ0v) is 14.0. The number of aromatic amines is 1. The number of nitrogens with one attached hydrogen (secondary N) is 1. The maximum Gasteiger partial charge on any atom is 0.308 e. The van der Waals surface area contributed by atoms with Crippen molar-refractivity contribution in [3.8, 4) is 0 Å². The van der Waals surface area contributed by atoms with Crippen molar-refractivity contribution in [1.29, 1.82) is 0 Å². The number of piperidine rings is 1. The molecular formula is C17H17N3O6. The molecule has 1 saturated heterocycles. The third kappa shape index (κ3) is 3.03. The zero-order valence-electron chi connectivity index (χ0n) is 14.0. The molecule has 136 valence electrons. The predicted molar refractivity (Wildman–Crippen MR) is 92.1 cm³/mol. The Bertz CT molecular complexity index is 967. The van der Waals surface area contributed by atoms with E-state index in [0.29, 0.717) is 24.9 Å². The van der Waals surface area contributed by atoms with E-state index in [1.54, 1.807) is 6.92 Å². The largest absolute Gasteiger partial charge is 0.481 e. The summed E-state index contributed by atoms with van der Waals surface area (Å²) in [5.74, 6) is -2.16. The van der Waals surface area contributed by atoms with E-state index < -0.39 is 34.3 Å². The summed E-state index contributed by atoms with van der Waals surface area (Å²) in [5.41, 5.74) is -0.362. The van der Waals surface area contributed by atoms with E-state index in [-0.39, 0.29) is 16.6 Å². The number of nitrogens with zero attached hydrogens (tertiary/aromatic N) is 2. The molecular weight excluding hydrogens is 342 g/mol. The van der Waals surface area contributed by atoms with Gasteiger partial charge in [-0.1, -0.05) is 0 Å². The Morgan fingerprint density at radius 1 is 1.35 bits per heavy atom. The minimum atomic E-state index is -0.971. The Morgan fingerprint density at radius 2 is 2.08 bits per heavy atom. The van der Waals surface area contributed by atoms with Gasteiger partial charge in [-0.25, -0.2) is 0 Å². The molecule has 1 amide bonds. The van der Waals surface area contributed by atoms with Gasteiger partial charge in [0.05, 0.1) is 16.4 Å². The van der Waals surface area contributed by atoms with Crippen molar-refractivity contribution < 1.29 is 19.6 Å². The second kappa shape index (κ2) is 6.58. The lowest BCUT2D eigenvalue weighted by molar-refractivity contribution is -0.384. The van der Waals surface area contributed by atoms with Crippen molar-refractivity contribution >= 4 is 28.5 Å². The summed E-state index contributed by atoms with van der Waals surface area (Å²) in [6.07, 6.45) is 1.01. The van der Waals surface area contributed by atoms with Crippen LogP contribution in [0.5, 0.6) is 0 Å². The number of hydrogen-bond acceptors (Lipinski definition) is 5. The summed E-state index contributed by atoms with van der Waals surface area (Å²) in [4.78, 5) is 50.8. The number of nitro groups is 1. The number of amides is 1. The van der Waals surface area contributed by atoms with Crippen LogP contribution in [0.3, 0.4) is 0 Å². The topological polar surface area (TPSA) is 134 Å². The van der Waals surface area contributed by atoms with E-state index in [1.165, 1.54) is 23.1 Å². The molecule has 0 saturated carbocycles. The van der Waals surface area contributed by atoms with Gasteiger partial charge in [0.15, 0.2) is 0 Å². The Labute approximate surface area is 147 Å². The number of aliphatic carboxylic acids is 1. The van der Waals surface area contributed by atoms with E-state index in [0.717, 1.165) is 6.07 Å². The molecule has 1 fully saturated rings. The minimum absolute atomic E-state index is 0.0327. The van der Waals surface area contributed by atoms with Crippen LogP contribution in [0.1, 0.15) is 30.1 Å². The molecule has 0 radical (unpaired) electrons. The molecule has 1 aromatic carbocycles. The first-order chi connectivity index (χ1) is 12.3. The van der Waals surface area contributed by atoms with Gasteiger partial charge in [-0.15, -0.1) is 0 Å². The fourth-order valence-corrected chi connectivity index (χ4v) is 3.45. The minimum Gasteiger partial charge on any atom is -0.481 e. The first-order valence-corrected chi connectivity index (χ1v) is 8.15. The Morgan fingerprint density at radius 3 is 2.73 bits per heavy atom. The molecule has 9 heteroatoms. The fraction of sp³-hybridized carbons (Fsp3) is 0.353. The Balaban J connectivity index is 2.10. The molecule has 0 aliphatic carbocycles. The second-order valence-corrected chi connectivity index (χ2v) is 6.36. The highest BCUT2D eigenvalue weighted by atomic mass is 16.6. The maximum atomic E-state index is 13.0. The highest BCUT2D eigenvalue weighted by Gasteiger charge is 2.36. The first-order valence-electron chi connectivity index (χ1n) is 8.15. The summed E-state index contributed by atoms with van der Waals surface area (Å²) < 4.78 is 0. The molecule has 2 aromatic rings. The van der Waals surface area contributed by atoms with Gasteiger partial charge in [0.1, 0.15) is 0 Å². The van der Waals surface area contributed by atoms with Crippen LogP contribution >= 0.6 is 0 Å². The number of carbonyl (C=O) groups is 2. The lowest BCUT2D eigenvalue weighted by Crippen LogP contribution is -2.49. The van der Waals surface area contributed by atoms with Crippen molar-refractivity contribution in [2.75, 3.05) is 6.54 Å². The van der Waals surface area contributed by atoms with Crippen LogP contribution in [-0.2, 0) is 4.79 Å². The molecule has 26 heavy (non-hydrogen) atoms. The molecule has 0 unspecified atom stereocenters. The van der Waals surface area contributed by atoms with Crippen LogP contribution in [0.4, 0.5) is 5.69 Å². The van der Waals surface area contributed by atoms with E-state index in [4.69, 9.17) is 0 Å². The average Bonchev–Trinajstić information content (AvgIpc) is 2.59. The summed E-state index contributed by atoms with van der Waals surface area (Å²) >= 11 is 0. The number of carboxylic acids is 1. The number of carboxylic acid groups (broad SMARTS) is 1. The van der Waals surface area contributed by atoms with Gasteiger partial charge in [0.25, 0.3) is 11.6 Å². The van der Waals surface area contributed by atoms with Crippen LogP contribution < -0.4 is 5.56 Å². The third-order valence-electron chi connectivity index (χ3n) is 4.83. The molecule has 1 aliphatic rings. The van der Waals surface area contributed by atoms with Gasteiger partial charge in [0, 0.05) is 41.7 Å². The quantitative estimate of drug-likeness (QED) is 0.633. The number of fused-ring (bicyclic) bond motifs is 1. The lowest BCUT2D eigenvalue weighted by atomic mass is 9.89. The summed E-state index contributed by atoms with van der Waals surface area (Å²) in [5, 5.41) is 20.6. The van der Waals surface area contributed by atoms with E-state index in [1.807, 2.05) is 0 Å². The summed E-state index contributed by atoms with van der Waals surface area (Å²) in [7, 11) is 0. The van der Waals surface area contributed by atoms with E-state index in [2.05, 4.69) is 4.98 Å². The fourth-order valence-electron chi connectivity index (χ4n) is 3.45. The third-order valence-corrected chi connectivity index (χ3v) is 4.83. The van der Waals surface area contributed by atoms with Gasteiger partial charge in [-0.2, -0.15) is 0 Å². The van der Waals surface area contributed by atoms with Gasteiger partial charge < -0.3 is 15.0 Å². The van der Waals surface area contributed by atoms with Crippen molar-refractivity contribution in [2.24, 2.45) is 5.92 Å². The number of H-pyrrole nitrogens is 1. The number of hydrogen-bond donors (Lipinski definition) is 2. The predicted octanol–water partition coefficient (Wildman–Crippen LogP) is 1.76. The monoisotopic (exact) mass is 359 g/mol. The van der Waals surface area contributed by atoms with Crippen LogP contribution in [0.25, 0.3) is 10.9 Å². The number of benzene rings is 1. The molecule has 2 heterocycles. The van der Waals surface area contributed by atoms with Crippen molar-refractivity contribution in [3.05, 3.63) is 50.3 Å². The molecule has 0 spiro atoms. The second-order valence-electron chi connectivity index (χ2n) is 6.36. The Kier molecular flexibility index (Phi) is 4.45. The van der Waals surface area contributed by atoms with Crippen LogP contribution in [0.2, 0.25) is 0 Å². The number of rotatable bonds is 3. The van der Waals surface area contributed by atoms with Crippen molar-refractivity contribution in [3.63, 3.8) is 0 Å². The van der Waals surface area contributed by atoms with Crippen LogP contribution in [0.15, 0.2) is 29.1 Å². The number of nitro benzene ring substituents is 1. The smallest absolute Gasteiger partial charge is 0.308 e. The standard InChI is InChI=1S/C17H17N3O6/c1-9-11(17(23)24)3-2-6-19(9)16(22)13-8-15(21)18-14-5-4-10(20(25)26)7-12(13)14/h4-5,7-9,11H,2-3,6H2,1H3,(H,18,21)(H,23,24)/t9-,11-/m1/s1. The molecule has 2 atom stereocenters. The molecule has 2 N–H and O–H groups in total. The number of likely N-dealkylation sites (tertiary alicyclic amines) is 1. The lowest BCUT2D eigenvalue weighted by Gasteiger charge is -2.37. The molecule has 1 aromatic heterocycles. The van der Waals surface area contributed by atoms with Crippen LogP contribution in [-0.4, -0.2) is 44.4 Å². The molecule has 0 bridgehead atoms. The first kappa shape index (κ1) is 17.6. The van der Waals surface area contributed by atoms with Crippen LogP contribution in [0, 0.1) is 16.0 Å². The Hall–Kier alpha value is -3.23. The van der Waals surface area contributed by atoms with Crippen molar-refractivity contribution in [1.82, 2.24) is 9.88 Å². The highest BCUT2D eigenvalue weighted by molar-refractivity contribution is 6.06. The molecule has 3 rings (SSSR count). The number of aromatic nitrogens is 1. The number of carbonyl (C=O) groups excluding carboxylic acids is 1.